The number of aliphatic hydroxyl groups is 3. The van der Waals surface area contributed by atoms with Crippen LogP contribution in [0.5, 0.6) is 0 Å². The van der Waals surface area contributed by atoms with Gasteiger partial charge in [0.05, 0.1) is 23.7 Å². The molecule has 0 amide bonds. The number of esters is 1. The average Bonchev–Trinajstić information content (AvgIpc) is 3.27. The Morgan fingerprint density at radius 3 is 2.63 bits per heavy atom. The number of ether oxygens (including phenoxy) is 3. The molecule has 6 rings (SSSR count). The fraction of sp³-hybridized carbons (Fsp3) is 0.850. The third-order valence-electron chi connectivity index (χ3n) is 9.29. The lowest BCUT2D eigenvalue weighted by atomic mass is 9.40. The minimum Gasteiger partial charge on any atom is -0.458 e. The second-order valence-corrected chi connectivity index (χ2v) is 9.87. The van der Waals surface area contributed by atoms with Crippen LogP contribution >= 0.6 is 0 Å². The number of fused-ring (bicyclic) bond motifs is 5. The first-order chi connectivity index (χ1) is 12.6. The van der Waals surface area contributed by atoms with E-state index in [-0.39, 0.29) is 30.7 Å². The fourth-order valence-corrected chi connectivity index (χ4v) is 7.39. The van der Waals surface area contributed by atoms with E-state index in [2.05, 4.69) is 0 Å². The van der Waals surface area contributed by atoms with Crippen molar-refractivity contribution < 1.29 is 34.3 Å². The van der Waals surface area contributed by atoms with Crippen LogP contribution in [0.1, 0.15) is 40.0 Å². The van der Waals surface area contributed by atoms with Gasteiger partial charge in [0.2, 0.25) is 0 Å². The lowest BCUT2D eigenvalue weighted by molar-refractivity contribution is -0.404. The summed E-state index contributed by atoms with van der Waals surface area (Å²) >= 11 is 0. The molecule has 4 fully saturated rings. The van der Waals surface area contributed by atoms with Crippen LogP contribution in [0.2, 0.25) is 0 Å². The van der Waals surface area contributed by atoms with Crippen LogP contribution in [-0.2, 0) is 19.0 Å². The summed E-state index contributed by atoms with van der Waals surface area (Å²) < 4.78 is 17.4. The van der Waals surface area contributed by atoms with E-state index in [1.165, 1.54) is 0 Å². The third-order valence-corrected chi connectivity index (χ3v) is 9.29. The van der Waals surface area contributed by atoms with Gasteiger partial charge in [0.1, 0.15) is 24.4 Å². The molecule has 3 aliphatic carbocycles. The number of rotatable bonds is 0. The van der Waals surface area contributed by atoms with E-state index in [4.69, 9.17) is 14.2 Å². The second-order valence-electron chi connectivity index (χ2n) is 9.87. The van der Waals surface area contributed by atoms with Gasteiger partial charge in [0.25, 0.3) is 0 Å². The lowest BCUT2D eigenvalue weighted by Crippen LogP contribution is -2.87. The summed E-state index contributed by atoms with van der Waals surface area (Å²) in [6.07, 6.45) is -1.72. The third kappa shape index (κ3) is 1.41. The van der Waals surface area contributed by atoms with Crippen LogP contribution in [0.15, 0.2) is 11.1 Å². The van der Waals surface area contributed by atoms with Gasteiger partial charge < -0.3 is 29.5 Å². The maximum Gasteiger partial charge on any atom is 0.334 e. The average molecular weight is 378 g/mol. The first-order valence-corrected chi connectivity index (χ1v) is 9.95. The van der Waals surface area contributed by atoms with Gasteiger partial charge in [-0.2, -0.15) is 0 Å². The zero-order chi connectivity index (χ0) is 19.1. The van der Waals surface area contributed by atoms with E-state index in [0.29, 0.717) is 19.3 Å². The summed E-state index contributed by atoms with van der Waals surface area (Å²) in [5.41, 5.74) is -2.32. The Kier molecular flexibility index (Phi) is 2.78. The SMILES string of the molecule is C[C@@H]1O[C@H]2[C@]1(C)[C@@H](O)[C@@H](O)[C@]13O[C@H]1C[C@H]1C4=C(CC[C@]1(C)[C@]23O)C(=O)OC4. The predicted octanol–water partition coefficient (Wildman–Crippen LogP) is 0.0575. The van der Waals surface area contributed by atoms with Gasteiger partial charge in [-0.1, -0.05) is 13.8 Å². The normalized spacial score (nSPS) is 63.1. The van der Waals surface area contributed by atoms with E-state index >= 15 is 0 Å². The molecule has 7 heteroatoms. The number of cyclic esters (lactones) is 1. The minimum atomic E-state index is -1.45. The highest BCUT2D eigenvalue weighted by Crippen LogP contribution is 2.75. The molecule has 10 atom stereocenters. The molecule has 0 aromatic heterocycles. The molecule has 1 spiro atoms. The molecule has 6 aliphatic rings. The van der Waals surface area contributed by atoms with Crippen LogP contribution in [0.25, 0.3) is 0 Å². The maximum atomic E-state index is 12.3. The van der Waals surface area contributed by atoms with Gasteiger partial charge in [0, 0.05) is 11.0 Å². The lowest BCUT2D eigenvalue weighted by Gasteiger charge is -2.71. The Hall–Kier alpha value is -0.990. The molecule has 0 radical (unpaired) electrons. The van der Waals surface area contributed by atoms with Crippen molar-refractivity contribution in [2.45, 2.75) is 81.8 Å². The summed E-state index contributed by atoms with van der Waals surface area (Å²) in [6.45, 7) is 6.05. The van der Waals surface area contributed by atoms with Crippen LogP contribution in [0.4, 0.5) is 0 Å². The summed E-state index contributed by atoms with van der Waals surface area (Å²) in [4.78, 5) is 12.1. The van der Waals surface area contributed by atoms with Crippen molar-refractivity contribution >= 4 is 5.97 Å². The highest BCUT2D eigenvalue weighted by Gasteiger charge is 2.91. The van der Waals surface area contributed by atoms with E-state index in [0.717, 1.165) is 11.1 Å². The van der Waals surface area contributed by atoms with Crippen LogP contribution in [0, 0.1) is 16.7 Å². The smallest absolute Gasteiger partial charge is 0.334 e. The molecule has 3 N–H and O–H groups in total. The number of aliphatic hydroxyl groups excluding tert-OH is 2. The first-order valence-electron chi connectivity index (χ1n) is 9.95. The first kappa shape index (κ1) is 16.9. The Bertz CT molecular complexity index is 808. The number of hydrogen-bond acceptors (Lipinski definition) is 7. The molecule has 0 unspecified atom stereocenters. The molecule has 2 saturated heterocycles. The molecule has 3 aliphatic heterocycles. The monoisotopic (exact) mass is 378 g/mol. The van der Waals surface area contributed by atoms with E-state index < -0.39 is 40.3 Å². The van der Waals surface area contributed by atoms with Crippen molar-refractivity contribution in [1.82, 2.24) is 0 Å². The summed E-state index contributed by atoms with van der Waals surface area (Å²) in [6, 6.07) is 0. The topological polar surface area (TPSA) is 109 Å². The number of carbonyl (C=O) groups excluding carboxylic acids is 1. The van der Waals surface area contributed by atoms with Crippen molar-refractivity contribution in [2.75, 3.05) is 6.61 Å². The van der Waals surface area contributed by atoms with Crippen LogP contribution < -0.4 is 0 Å². The van der Waals surface area contributed by atoms with Gasteiger partial charge in [-0.3, -0.25) is 0 Å². The van der Waals surface area contributed by atoms with Gasteiger partial charge >= 0.3 is 5.97 Å². The minimum absolute atomic E-state index is 0.0653. The Labute approximate surface area is 157 Å². The largest absolute Gasteiger partial charge is 0.458 e. The van der Waals surface area contributed by atoms with Crippen molar-refractivity contribution in [3.05, 3.63) is 11.1 Å². The maximum absolute atomic E-state index is 12.3. The van der Waals surface area contributed by atoms with Crippen molar-refractivity contribution in [3.63, 3.8) is 0 Å². The summed E-state index contributed by atoms with van der Waals surface area (Å²) in [5.74, 6) is -0.311. The summed E-state index contributed by atoms with van der Waals surface area (Å²) in [7, 11) is 0. The zero-order valence-corrected chi connectivity index (χ0v) is 15.8. The van der Waals surface area contributed by atoms with Crippen molar-refractivity contribution in [2.24, 2.45) is 16.7 Å². The van der Waals surface area contributed by atoms with E-state index in [9.17, 15) is 20.1 Å². The Morgan fingerprint density at radius 2 is 1.93 bits per heavy atom. The van der Waals surface area contributed by atoms with Crippen LogP contribution in [0.3, 0.4) is 0 Å². The Balaban J connectivity index is 1.54. The molecular weight excluding hydrogens is 352 g/mol. The summed E-state index contributed by atoms with van der Waals surface area (Å²) in [5, 5.41) is 34.3. The van der Waals surface area contributed by atoms with Gasteiger partial charge in [-0.25, -0.2) is 4.79 Å². The molecular formula is C20H26O7. The van der Waals surface area contributed by atoms with Gasteiger partial charge in [0.15, 0.2) is 5.60 Å². The highest BCUT2D eigenvalue weighted by atomic mass is 16.7. The quantitative estimate of drug-likeness (QED) is 0.404. The standard InChI is InChI=1S/C20H26O7/c1-8-18(3)13(21)14(22)19-12(27-19)6-11-10-7-25-15(23)9(10)4-5-17(11,2)20(19,24)16(18)26-8/h8,11-14,16,21-22,24H,4-7H2,1-3H3/t8-,11-,12-,13-,14+,16-,17-,18-,19+,20+/m0/s1. The van der Waals surface area contributed by atoms with Crippen molar-refractivity contribution in [1.29, 1.82) is 0 Å². The number of carbonyl (C=O) groups is 1. The molecule has 27 heavy (non-hydrogen) atoms. The van der Waals surface area contributed by atoms with E-state index in [1.54, 1.807) is 0 Å². The fourth-order valence-electron chi connectivity index (χ4n) is 7.39. The molecule has 0 aromatic rings. The zero-order valence-electron chi connectivity index (χ0n) is 15.8. The molecule has 0 aromatic carbocycles. The second kappa shape index (κ2) is 4.44. The molecule has 3 heterocycles. The van der Waals surface area contributed by atoms with Crippen molar-refractivity contribution in [3.8, 4) is 0 Å². The highest BCUT2D eigenvalue weighted by molar-refractivity contribution is 5.92. The van der Waals surface area contributed by atoms with Crippen LogP contribution in [-0.4, -0.2) is 69.6 Å². The van der Waals surface area contributed by atoms with Gasteiger partial charge in [-0.05, 0) is 37.7 Å². The van der Waals surface area contributed by atoms with Gasteiger partial charge in [-0.15, -0.1) is 0 Å². The number of epoxide rings is 1. The number of hydrogen-bond donors (Lipinski definition) is 3. The predicted molar refractivity (Wildman–Crippen MR) is 90.4 cm³/mol. The molecule has 0 bridgehead atoms. The molecule has 2 saturated carbocycles. The Morgan fingerprint density at radius 1 is 1.19 bits per heavy atom. The molecule has 7 nitrogen and oxygen atoms in total. The van der Waals surface area contributed by atoms with E-state index in [1.807, 2.05) is 20.8 Å². The molecule has 148 valence electrons.